The summed E-state index contributed by atoms with van der Waals surface area (Å²) < 4.78 is 10.8. The molecule has 0 spiro atoms. The highest BCUT2D eigenvalue weighted by Gasteiger charge is 2.46. The number of rotatable bonds is 8. The van der Waals surface area contributed by atoms with Gasteiger partial charge in [-0.3, -0.25) is 19.7 Å². The smallest absolute Gasteiger partial charge is 0.296 e. The molecular formula is C25H20N2O7. The fraction of sp³-hybridized carbons (Fsp3) is 0.120. The van der Waals surface area contributed by atoms with Crippen LogP contribution in [0, 0.1) is 10.1 Å². The van der Waals surface area contributed by atoms with Crippen LogP contribution in [0.2, 0.25) is 0 Å². The molecule has 34 heavy (non-hydrogen) atoms. The van der Waals surface area contributed by atoms with Crippen LogP contribution in [0.25, 0.3) is 5.76 Å². The van der Waals surface area contributed by atoms with E-state index in [1.54, 1.807) is 48.5 Å². The van der Waals surface area contributed by atoms with Gasteiger partial charge in [-0.15, -0.1) is 0 Å². The highest BCUT2D eigenvalue weighted by Crippen LogP contribution is 2.41. The lowest BCUT2D eigenvalue weighted by Crippen LogP contribution is -2.29. The van der Waals surface area contributed by atoms with Crippen molar-refractivity contribution in [2.75, 3.05) is 6.61 Å². The zero-order chi connectivity index (χ0) is 24.2. The predicted octanol–water partition coefficient (Wildman–Crippen LogP) is 4.37. The number of furan rings is 1. The second kappa shape index (κ2) is 9.45. The molecule has 1 aliphatic rings. The molecule has 1 aliphatic heterocycles. The van der Waals surface area contributed by atoms with E-state index in [4.69, 9.17) is 9.15 Å². The van der Waals surface area contributed by atoms with E-state index in [1.807, 2.05) is 0 Å². The van der Waals surface area contributed by atoms with Crippen molar-refractivity contribution in [3.05, 3.63) is 112 Å². The number of non-ortho nitro benzene ring substituents is 1. The molecule has 2 heterocycles. The number of nitrogens with zero attached hydrogens (tertiary/aromatic N) is 2. The van der Waals surface area contributed by atoms with Crippen LogP contribution < -0.4 is 4.74 Å². The summed E-state index contributed by atoms with van der Waals surface area (Å²) >= 11 is 0. The Morgan fingerprint density at radius 1 is 1.18 bits per heavy atom. The molecule has 1 fully saturated rings. The summed E-state index contributed by atoms with van der Waals surface area (Å²) in [6.45, 7) is 3.82. The first-order chi connectivity index (χ1) is 16.4. The lowest BCUT2D eigenvalue weighted by Gasteiger charge is -2.24. The second-order valence-corrected chi connectivity index (χ2v) is 7.48. The molecule has 3 aromatic rings. The zero-order valence-corrected chi connectivity index (χ0v) is 17.9. The van der Waals surface area contributed by atoms with Crippen LogP contribution in [-0.4, -0.2) is 33.2 Å². The van der Waals surface area contributed by atoms with E-state index in [1.165, 1.54) is 29.4 Å². The molecule has 4 rings (SSSR count). The number of Topliss-reactive ketones (excluding diaryl/α,β-unsaturated/α-hetero) is 1. The van der Waals surface area contributed by atoms with Crippen LogP contribution in [-0.2, 0) is 16.1 Å². The summed E-state index contributed by atoms with van der Waals surface area (Å²) in [5.74, 6) is -1.19. The Hall–Kier alpha value is -4.66. The van der Waals surface area contributed by atoms with Crippen LogP contribution in [0.3, 0.4) is 0 Å². The molecular weight excluding hydrogens is 440 g/mol. The number of aliphatic hydroxyl groups is 1. The number of nitro benzene ring substituents is 1. The number of hydrogen-bond acceptors (Lipinski definition) is 7. The van der Waals surface area contributed by atoms with Gasteiger partial charge in [0.25, 0.3) is 17.4 Å². The molecule has 9 heteroatoms. The van der Waals surface area contributed by atoms with Crippen molar-refractivity contribution >= 4 is 23.1 Å². The molecule has 1 amide bonds. The van der Waals surface area contributed by atoms with Crippen LogP contribution in [0.4, 0.5) is 5.69 Å². The minimum atomic E-state index is -1.05. The number of nitro groups is 1. The highest BCUT2D eigenvalue weighted by molar-refractivity contribution is 6.46. The maximum absolute atomic E-state index is 13.1. The topological polar surface area (TPSA) is 123 Å². The molecule has 172 valence electrons. The number of amides is 1. The summed E-state index contributed by atoms with van der Waals surface area (Å²) in [5.41, 5.74) is 0.228. The van der Waals surface area contributed by atoms with E-state index >= 15 is 0 Å². The van der Waals surface area contributed by atoms with Gasteiger partial charge < -0.3 is 19.2 Å². The minimum Gasteiger partial charge on any atom is -0.507 e. The molecule has 0 radical (unpaired) electrons. The lowest BCUT2D eigenvalue weighted by molar-refractivity contribution is -0.384. The standard InChI is InChI=1S/C25H20N2O7/c1-2-12-33-19-10-8-16(9-11-19)23(28)21-22(17-5-3-6-18(14-17)27(31)32)26(25(30)24(21)29)15-20-7-4-13-34-20/h2-11,13-14,22,28H,1,12,15H2/t22-/m0/s1. The molecule has 0 saturated carbocycles. The molecule has 1 saturated heterocycles. The van der Waals surface area contributed by atoms with Crippen molar-refractivity contribution in [1.82, 2.24) is 4.90 Å². The van der Waals surface area contributed by atoms with Gasteiger partial charge >= 0.3 is 0 Å². The Morgan fingerprint density at radius 2 is 1.94 bits per heavy atom. The van der Waals surface area contributed by atoms with E-state index in [0.29, 0.717) is 23.7 Å². The Kier molecular flexibility index (Phi) is 6.26. The van der Waals surface area contributed by atoms with Gasteiger partial charge in [-0.05, 0) is 42.0 Å². The van der Waals surface area contributed by atoms with Gasteiger partial charge in [-0.25, -0.2) is 0 Å². The van der Waals surface area contributed by atoms with E-state index in [-0.39, 0.29) is 23.4 Å². The van der Waals surface area contributed by atoms with Crippen molar-refractivity contribution in [2.45, 2.75) is 12.6 Å². The van der Waals surface area contributed by atoms with Gasteiger partial charge in [0.15, 0.2) is 0 Å². The largest absolute Gasteiger partial charge is 0.507 e. The normalized spacial score (nSPS) is 17.1. The van der Waals surface area contributed by atoms with Crippen LogP contribution in [0.15, 0.2) is 89.6 Å². The van der Waals surface area contributed by atoms with Gasteiger partial charge in [-0.1, -0.05) is 24.8 Å². The molecule has 0 aliphatic carbocycles. The summed E-state index contributed by atoms with van der Waals surface area (Å²) in [4.78, 5) is 38.0. The first-order valence-corrected chi connectivity index (χ1v) is 10.3. The van der Waals surface area contributed by atoms with Gasteiger partial charge in [-0.2, -0.15) is 0 Å². The van der Waals surface area contributed by atoms with Crippen molar-refractivity contribution in [1.29, 1.82) is 0 Å². The van der Waals surface area contributed by atoms with Crippen molar-refractivity contribution in [3.8, 4) is 5.75 Å². The molecule has 2 aromatic carbocycles. The average Bonchev–Trinajstić information content (AvgIpc) is 3.45. The Balaban J connectivity index is 1.82. The summed E-state index contributed by atoms with van der Waals surface area (Å²) in [5, 5.41) is 22.4. The fourth-order valence-corrected chi connectivity index (χ4v) is 3.79. The van der Waals surface area contributed by atoms with Gasteiger partial charge in [0.2, 0.25) is 0 Å². The first-order valence-electron chi connectivity index (χ1n) is 10.3. The van der Waals surface area contributed by atoms with Gasteiger partial charge in [0, 0.05) is 17.7 Å². The number of ketones is 1. The van der Waals surface area contributed by atoms with Crippen LogP contribution in [0.1, 0.15) is 22.9 Å². The molecule has 1 aromatic heterocycles. The predicted molar refractivity (Wildman–Crippen MR) is 122 cm³/mol. The SMILES string of the molecule is C=CCOc1ccc(C(O)=C2C(=O)C(=O)N(Cc3ccco3)[C@H]2c2cccc([N+](=O)[O-])c2)cc1. The number of aliphatic hydroxyl groups excluding tert-OH is 1. The Labute approximate surface area is 194 Å². The second-order valence-electron chi connectivity index (χ2n) is 7.48. The molecule has 1 atom stereocenters. The minimum absolute atomic E-state index is 0.0595. The summed E-state index contributed by atoms with van der Waals surface area (Å²) in [6, 6.07) is 14.2. The van der Waals surface area contributed by atoms with Crippen LogP contribution in [0.5, 0.6) is 5.75 Å². The number of ether oxygens (including phenoxy) is 1. The maximum Gasteiger partial charge on any atom is 0.296 e. The Bertz CT molecular complexity index is 1280. The van der Waals surface area contributed by atoms with Crippen molar-refractivity contribution < 1.29 is 28.8 Å². The number of benzene rings is 2. The lowest BCUT2D eigenvalue weighted by atomic mass is 9.95. The number of hydrogen-bond donors (Lipinski definition) is 1. The third-order valence-electron chi connectivity index (χ3n) is 5.34. The third-order valence-corrected chi connectivity index (χ3v) is 5.34. The quantitative estimate of drug-likeness (QED) is 0.132. The first kappa shape index (κ1) is 22.5. The Morgan fingerprint density at radius 3 is 2.59 bits per heavy atom. The summed E-state index contributed by atoms with van der Waals surface area (Å²) in [6.07, 6.45) is 3.03. The van der Waals surface area contributed by atoms with E-state index in [2.05, 4.69) is 6.58 Å². The van der Waals surface area contributed by atoms with Crippen molar-refractivity contribution in [2.24, 2.45) is 0 Å². The molecule has 0 unspecified atom stereocenters. The summed E-state index contributed by atoms with van der Waals surface area (Å²) in [7, 11) is 0. The average molecular weight is 460 g/mol. The molecule has 0 bridgehead atoms. The molecule has 9 nitrogen and oxygen atoms in total. The van der Waals surface area contributed by atoms with Gasteiger partial charge in [0.1, 0.15) is 23.9 Å². The third kappa shape index (κ3) is 4.31. The van der Waals surface area contributed by atoms with Crippen LogP contribution >= 0.6 is 0 Å². The fourth-order valence-electron chi connectivity index (χ4n) is 3.79. The zero-order valence-electron chi connectivity index (χ0n) is 17.9. The van der Waals surface area contributed by atoms with E-state index in [9.17, 15) is 24.8 Å². The highest BCUT2D eigenvalue weighted by atomic mass is 16.6. The number of carbonyl (C=O) groups is 2. The van der Waals surface area contributed by atoms with E-state index < -0.39 is 28.4 Å². The molecule has 1 N–H and O–H groups in total. The van der Waals surface area contributed by atoms with Gasteiger partial charge in [0.05, 0.1) is 29.3 Å². The van der Waals surface area contributed by atoms with Crippen molar-refractivity contribution in [3.63, 3.8) is 0 Å². The number of likely N-dealkylation sites (tertiary alicyclic amines) is 1. The maximum atomic E-state index is 13.1. The monoisotopic (exact) mass is 460 g/mol. The van der Waals surface area contributed by atoms with E-state index in [0.717, 1.165) is 0 Å². The number of carbonyl (C=O) groups excluding carboxylic acids is 2.